The summed E-state index contributed by atoms with van der Waals surface area (Å²) in [7, 11) is 0. The first-order valence-electron chi connectivity index (χ1n) is 7.50. The monoisotopic (exact) mass is 297 g/mol. The highest BCUT2D eigenvalue weighted by Crippen LogP contribution is 2.43. The van der Waals surface area contributed by atoms with Crippen molar-refractivity contribution in [1.29, 1.82) is 0 Å². The molecule has 2 aromatic rings. The summed E-state index contributed by atoms with van der Waals surface area (Å²) in [6.07, 6.45) is 6.98. The number of hydrogen-bond donors (Lipinski definition) is 2. The van der Waals surface area contributed by atoms with Gasteiger partial charge in [-0.3, -0.25) is 9.78 Å². The van der Waals surface area contributed by atoms with Crippen molar-refractivity contribution in [2.45, 2.75) is 25.7 Å². The van der Waals surface area contributed by atoms with Gasteiger partial charge < -0.3 is 10.4 Å². The SMILES string of the molecule is O=C(NCC1(Cc2ccccc2)CCC1)c1cncc(O)n1. The van der Waals surface area contributed by atoms with Crippen molar-refractivity contribution in [3.05, 3.63) is 54.0 Å². The number of hydrogen-bond acceptors (Lipinski definition) is 4. The molecule has 0 spiro atoms. The van der Waals surface area contributed by atoms with Crippen LogP contribution in [0, 0.1) is 5.41 Å². The van der Waals surface area contributed by atoms with Crippen molar-refractivity contribution in [2.24, 2.45) is 5.41 Å². The van der Waals surface area contributed by atoms with Gasteiger partial charge in [-0.05, 0) is 30.2 Å². The van der Waals surface area contributed by atoms with Gasteiger partial charge in [0.1, 0.15) is 5.69 Å². The van der Waals surface area contributed by atoms with Crippen LogP contribution in [0.25, 0.3) is 0 Å². The zero-order valence-electron chi connectivity index (χ0n) is 12.3. The van der Waals surface area contributed by atoms with Crippen LogP contribution >= 0.6 is 0 Å². The molecule has 22 heavy (non-hydrogen) atoms. The maximum absolute atomic E-state index is 12.1. The van der Waals surface area contributed by atoms with Crippen LogP contribution in [0.15, 0.2) is 42.7 Å². The topological polar surface area (TPSA) is 75.1 Å². The summed E-state index contributed by atoms with van der Waals surface area (Å²) in [4.78, 5) is 19.7. The van der Waals surface area contributed by atoms with E-state index in [2.05, 4.69) is 27.4 Å². The molecule has 0 saturated heterocycles. The molecule has 114 valence electrons. The average Bonchev–Trinajstić information content (AvgIpc) is 2.50. The van der Waals surface area contributed by atoms with E-state index in [9.17, 15) is 9.90 Å². The molecule has 0 atom stereocenters. The Kier molecular flexibility index (Phi) is 4.04. The van der Waals surface area contributed by atoms with Crippen LogP contribution in [-0.4, -0.2) is 27.5 Å². The number of amides is 1. The van der Waals surface area contributed by atoms with Gasteiger partial charge in [0.2, 0.25) is 5.88 Å². The minimum absolute atomic E-state index is 0.140. The molecule has 0 unspecified atom stereocenters. The Labute approximate surface area is 129 Å². The van der Waals surface area contributed by atoms with Crippen LogP contribution in [0.5, 0.6) is 5.88 Å². The zero-order valence-corrected chi connectivity index (χ0v) is 12.3. The summed E-state index contributed by atoms with van der Waals surface area (Å²) in [6, 6.07) is 10.4. The minimum Gasteiger partial charge on any atom is -0.492 e. The summed E-state index contributed by atoms with van der Waals surface area (Å²) in [5.41, 5.74) is 1.59. The van der Waals surface area contributed by atoms with Crippen LogP contribution < -0.4 is 5.32 Å². The molecule has 0 bridgehead atoms. The quantitative estimate of drug-likeness (QED) is 0.888. The Bertz CT molecular complexity index is 654. The molecule has 1 aliphatic rings. The molecule has 5 heteroatoms. The second kappa shape index (κ2) is 6.13. The van der Waals surface area contributed by atoms with E-state index in [1.807, 2.05) is 18.2 Å². The lowest BCUT2D eigenvalue weighted by molar-refractivity contribution is 0.0854. The summed E-state index contributed by atoms with van der Waals surface area (Å²) in [6.45, 7) is 0.623. The van der Waals surface area contributed by atoms with Crippen molar-refractivity contribution >= 4 is 5.91 Å². The number of rotatable bonds is 5. The first kappa shape index (κ1) is 14.5. The highest BCUT2D eigenvalue weighted by molar-refractivity contribution is 5.92. The summed E-state index contributed by atoms with van der Waals surface area (Å²) < 4.78 is 0. The molecule has 0 radical (unpaired) electrons. The van der Waals surface area contributed by atoms with Crippen LogP contribution in [0.4, 0.5) is 0 Å². The van der Waals surface area contributed by atoms with Crippen molar-refractivity contribution in [1.82, 2.24) is 15.3 Å². The van der Waals surface area contributed by atoms with Gasteiger partial charge in [0.05, 0.1) is 12.4 Å². The van der Waals surface area contributed by atoms with Gasteiger partial charge in [0, 0.05) is 6.54 Å². The first-order valence-corrected chi connectivity index (χ1v) is 7.50. The lowest BCUT2D eigenvalue weighted by Gasteiger charge is -2.42. The third-order valence-electron chi connectivity index (χ3n) is 4.31. The van der Waals surface area contributed by atoms with Crippen molar-refractivity contribution < 1.29 is 9.90 Å². The molecule has 1 saturated carbocycles. The minimum atomic E-state index is -0.289. The fourth-order valence-electron chi connectivity index (χ4n) is 2.95. The largest absolute Gasteiger partial charge is 0.492 e. The van der Waals surface area contributed by atoms with Crippen molar-refractivity contribution in [3.63, 3.8) is 0 Å². The van der Waals surface area contributed by atoms with E-state index < -0.39 is 0 Å². The van der Waals surface area contributed by atoms with Crippen molar-refractivity contribution in [2.75, 3.05) is 6.54 Å². The van der Waals surface area contributed by atoms with Gasteiger partial charge in [-0.1, -0.05) is 36.8 Å². The average molecular weight is 297 g/mol. The maximum Gasteiger partial charge on any atom is 0.271 e. The molecule has 1 fully saturated rings. The number of aromatic nitrogens is 2. The Morgan fingerprint density at radius 3 is 2.64 bits per heavy atom. The highest BCUT2D eigenvalue weighted by Gasteiger charge is 2.37. The second-order valence-corrected chi connectivity index (χ2v) is 5.96. The van der Waals surface area contributed by atoms with Crippen molar-refractivity contribution in [3.8, 4) is 5.88 Å². The highest BCUT2D eigenvalue weighted by atomic mass is 16.3. The molecule has 5 nitrogen and oxygen atoms in total. The molecule has 2 N–H and O–H groups in total. The molecular formula is C17H19N3O2. The van der Waals surface area contributed by atoms with Gasteiger partial charge in [0.25, 0.3) is 5.91 Å². The lowest BCUT2D eigenvalue weighted by atomic mass is 9.65. The molecule has 1 aromatic carbocycles. The third-order valence-corrected chi connectivity index (χ3v) is 4.31. The molecule has 3 rings (SSSR count). The van der Waals surface area contributed by atoms with E-state index in [1.54, 1.807) is 0 Å². The van der Waals surface area contributed by atoms with E-state index >= 15 is 0 Å². The summed E-state index contributed by atoms with van der Waals surface area (Å²) in [5, 5.41) is 12.2. The Balaban J connectivity index is 1.62. The molecule has 0 aliphatic heterocycles. The molecule has 1 heterocycles. The molecule has 1 aliphatic carbocycles. The number of carbonyl (C=O) groups is 1. The normalized spacial score (nSPS) is 15.8. The molecule has 1 aromatic heterocycles. The van der Waals surface area contributed by atoms with Gasteiger partial charge in [0.15, 0.2) is 0 Å². The first-order chi connectivity index (χ1) is 10.7. The molecular weight excluding hydrogens is 278 g/mol. The fourth-order valence-corrected chi connectivity index (χ4v) is 2.95. The fraction of sp³-hybridized carbons (Fsp3) is 0.353. The maximum atomic E-state index is 12.1. The van der Waals surface area contributed by atoms with E-state index in [4.69, 9.17) is 0 Å². The summed E-state index contributed by atoms with van der Waals surface area (Å²) >= 11 is 0. The zero-order chi connectivity index (χ0) is 15.4. The van der Waals surface area contributed by atoms with Crippen LogP contribution in [-0.2, 0) is 6.42 Å². The number of nitrogens with zero attached hydrogens (tertiary/aromatic N) is 2. The van der Waals surface area contributed by atoms with Gasteiger partial charge >= 0.3 is 0 Å². The van der Waals surface area contributed by atoms with Crippen LogP contribution in [0.3, 0.4) is 0 Å². The van der Waals surface area contributed by atoms with Gasteiger partial charge in [-0.25, -0.2) is 4.98 Å². The lowest BCUT2D eigenvalue weighted by Crippen LogP contribution is -2.43. The Morgan fingerprint density at radius 2 is 2.00 bits per heavy atom. The number of carbonyl (C=O) groups excluding carboxylic acids is 1. The third kappa shape index (κ3) is 3.24. The predicted molar refractivity (Wildman–Crippen MR) is 82.5 cm³/mol. The van der Waals surface area contributed by atoms with Crippen LogP contribution in [0.2, 0.25) is 0 Å². The Morgan fingerprint density at radius 1 is 1.23 bits per heavy atom. The second-order valence-electron chi connectivity index (χ2n) is 5.96. The van der Waals surface area contributed by atoms with E-state index in [1.165, 1.54) is 24.4 Å². The van der Waals surface area contributed by atoms with E-state index in [0.717, 1.165) is 19.3 Å². The molecule has 1 amide bonds. The van der Waals surface area contributed by atoms with Gasteiger partial charge in [-0.15, -0.1) is 0 Å². The summed E-state index contributed by atoms with van der Waals surface area (Å²) in [5.74, 6) is -0.530. The Hall–Kier alpha value is -2.43. The number of benzene rings is 1. The van der Waals surface area contributed by atoms with Gasteiger partial charge in [-0.2, -0.15) is 0 Å². The smallest absolute Gasteiger partial charge is 0.271 e. The van der Waals surface area contributed by atoms with E-state index in [-0.39, 0.29) is 22.9 Å². The number of nitrogens with one attached hydrogen (secondary N) is 1. The standard InChI is InChI=1S/C17H19N3O2/c21-15-11-18-10-14(20-15)16(22)19-12-17(7-4-8-17)9-13-5-2-1-3-6-13/h1-3,5-6,10-11H,4,7-9,12H2,(H,19,22)(H,20,21). The van der Waals surface area contributed by atoms with Crippen LogP contribution in [0.1, 0.15) is 35.3 Å². The predicted octanol–water partition coefficient (Wildman–Crippen LogP) is 2.33. The number of aromatic hydroxyl groups is 1. The van der Waals surface area contributed by atoms with E-state index in [0.29, 0.717) is 6.54 Å².